The van der Waals surface area contributed by atoms with Crippen molar-refractivity contribution in [1.29, 1.82) is 0 Å². The Labute approximate surface area is 132 Å². The Morgan fingerprint density at radius 3 is 1.86 bits per heavy atom. The van der Waals surface area contributed by atoms with Crippen LogP contribution in [0.2, 0.25) is 0 Å². The first-order valence-corrected chi connectivity index (χ1v) is 9.14. The molecule has 0 aliphatic rings. The lowest BCUT2D eigenvalue weighted by molar-refractivity contribution is -0.923. The van der Waals surface area contributed by atoms with Gasteiger partial charge < -0.3 is 9.22 Å². The highest BCUT2D eigenvalue weighted by atomic mass is 16.5. The molecule has 0 atom stereocenters. The van der Waals surface area contributed by atoms with Gasteiger partial charge in [-0.15, -0.1) is 0 Å². The predicted octanol–water partition coefficient (Wildman–Crippen LogP) is 4.55. The normalized spacial score (nSPS) is 11.6. The fraction of sp³-hybridized carbons (Fsp3) is 0.944. The summed E-state index contributed by atoms with van der Waals surface area (Å²) < 4.78 is 6.44. The van der Waals surface area contributed by atoms with Gasteiger partial charge in [-0.05, 0) is 27.2 Å². The monoisotopic (exact) mass is 300 g/mol. The highest BCUT2D eigenvalue weighted by molar-refractivity contribution is 5.69. The first kappa shape index (κ1) is 20.4. The van der Waals surface area contributed by atoms with E-state index in [4.69, 9.17) is 4.74 Å². The smallest absolute Gasteiger partial charge is 0.305 e. The number of rotatable bonds is 14. The molecule has 0 aromatic rings. The van der Waals surface area contributed by atoms with Gasteiger partial charge in [0.2, 0.25) is 0 Å². The quantitative estimate of drug-likeness (QED) is 0.267. The van der Waals surface area contributed by atoms with E-state index in [1.165, 1.54) is 32.1 Å². The van der Waals surface area contributed by atoms with Crippen LogP contribution in [0.5, 0.6) is 0 Å². The van der Waals surface area contributed by atoms with E-state index in [0.29, 0.717) is 13.0 Å². The van der Waals surface area contributed by atoms with Crippen LogP contribution in [0.15, 0.2) is 0 Å². The second-order valence-corrected chi connectivity index (χ2v) is 6.11. The topological polar surface area (TPSA) is 26.3 Å². The lowest BCUT2D eigenvalue weighted by Gasteiger charge is -2.35. The third-order valence-electron chi connectivity index (χ3n) is 4.83. The van der Waals surface area contributed by atoms with Gasteiger partial charge in [0.1, 0.15) is 13.2 Å². The number of esters is 1. The third kappa shape index (κ3) is 9.89. The minimum absolute atomic E-state index is 0.00929. The number of likely N-dealkylation sites (N-methyl/N-ethyl adjacent to an activating group) is 1. The van der Waals surface area contributed by atoms with Crippen LogP contribution in [-0.2, 0) is 9.53 Å². The van der Waals surface area contributed by atoms with Gasteiger partial charge >= 0.3 is 5.97 Å². The third-order valence-corrected chi connectivity index (χ3v) is 4.83. The van der Waals surface area contributed by atoms with E-state index in [-0.39, 0.29) is 5.97 Å². The molecule has 21 heavy (non-hydrogen) atoms. The maximum atomic E-state index is 11.7. The second kappa shape index (κ2) is 13.1. The Bertz CT molecular complexity index is 241. The van der Waals surface area contributed by atoms with E-state index in [1.54, 1.807) is 0 Å². The Hall–Kier alpha value is -0.570. The van der Waals surface area contributed by atoms with Crippen molar-refractivity contribution >= 4 is 5.97 Å². The second-order valence-electron chi connectivity index (χ2n) is 6.11. The fourth-order valence-corrected chi connectivity index (χ4v) is 2.80. The highest BCUT2D eigenvalue weighted by Crippen LogP contribution is 2.09. The molecule has 3 heteroatoms. The molecule has 0 saturated carbocycles. The molecular formula is C18H38NO2+. The van der Waals surface area contributed by atoms with Crippen LogP contribution in [0.25, 0.3) is 0 Å². The number of ether oxygens (including phenoxy) is 1. The van der Waals surface area contributed by atoms with Gasteiger partial charge in [0.15, 0.2) is 0 Å². The summed E-state index contributed by atoms with van der Waals surface area (Å²) in [5.41, 5.74) is 0. The zero-order valence-corrected chi connectivity index (χ0v) is 15.0. The van der Waals surface area contributed by atoms with Crippen molar-refractivity contribution in [3.05, 3.63) is 0 Å². The minimum Gasteiger partial charge on any atom is -0.460 e. The molecule has 0 N–H and O–H groups in total. The molecule has 0 heterocycles. The molecule has 0 aromatic heterocycles. The molecule has 0 amide bonds. The molecule has 0 saturated heterocycles. The van der Waals surface area contributed by atoms with Crippen molar-refractivity contribution in [1.82, 2.24) is 0 Å². The molecule has 0 radical (unpaired) electrons. The van der Waals surface area contributed by atoms with Gasteiger partial charge in [-0.1, -0.05) is 45.4 Å². The summed E-state index contributed by atoms with van der Waals surface area (Å²) in [4.78, 5) is 11.7. The zero-order valence-electron chi connectivity index (χ0n) is 15.0. The van der Waals surface area contributed by atoms with Gasteiger partial charge in [-0.2, -0.15) is 0 Å². The summed E-state index contributed by atoms with van der Waals surface area (Å²) in [7, 11) is 0. The number of unbranched alkanes of at least 4 members (excludes halogenated alkanes) is 6. The number of nitrogens with zero attached hydrogens (tertiary/aromatic N) is 1. The summed E-state index contributed by atoms with van der Waals surface area (Å²) in [6.07, 6.45) is 9.29. The highest BCUT2D eigenvalue weighted by Gasteiger charge is 2.20. The van der Waals surface area contributed by atoms with Crippen molar-refractivity contribution in [3.8, 4) is 0 Å². The van der Waals surface area contributed by atoms with Crippen molar-refractivity contribution in [2.75, 3.05) is 32.8 Å². The molecule has 0 fully saturated rings. The molecule has 0 aliphatic carbocycles. The lowest BCUT2D eigenvalue weighted by atomic mass is 10.1. The number of hydrogen-bond acceptors (Lipinski definition) is 2. The standard InChI is InChI=1S/C18H38NO2/c1-5-9-10-11-12-13-14-15-18(20)21-17-16-19(6-2,7-3)8-4/h5-17H2,1-4H3/q+1. The Morgan fingerprint density at radius 1 is 0.810 bits per heavy atom. The number of hydrogen-bond donors (Lipinski definition) is 0. The minimum atomic E-state index is -0.00929. The Morgan fingerprint density at radius 2 is 1.33 bits per heavy atom. The SMILES string of the molecule is CCCCCCCCCC(=O)OCC[N+](CC)(CC)CC. The lowest BCUT2D eigenvalue weighted by Crippen LogP contribution is -2.49. The van der Waals surface area contributed by atoms with Crippen molar-refractivity contribution in [3.63, 3.8) is 0 Å². The maximum absolute atomic E-state index is 11.7. The van der Waals surface area contributed by atoms with Crippen molar-refractivity contribution in [2.45, 2.75) is 79.1 Å². The zero-order chi connectivity index (χ0) is 16.0. The van der Waals surface area contributed by atoms with Crippen LogP contribution in [0.4, 0.5) is 0 Å². The molecule has 0 spiro atoms. The molecule has 0 aliphatic heterocycles. The van der Waals surface area contributed by atoms with Gasteiger partial charge in [0, 0.05) is 6.42 Å². The van der Waals surface area contributed by atoms with Crippen LogP contribution in [0.1, 0.15) is 79.1 Å². The van der Waals surface area contributed by atoms with Crippen molar-refractivity contribution < 1.29 is 14.0 Å². The summed E-state index contributed by atoms with van der Waals surface area (Å²) in [5, 5.41) is 0. The van der Waals surface area contributed by atoms with Crippen molar-refractivity contribution in [2.24, 2.45) is 0 Å². The number of carbonyl (C=O) groups is 1. The first-order chi connectivity index (χ1) is 10.1. The number of quaternary nitrogens is 1. The van der Waals surface area contributed by atoms with Crippen LogP contribution < -0.4 is 0 Å². The van der Waals surface area contributed by atoms with E-state index < -0.39 is 0 Å². The van der Waals surface area contributed by atoms with Crippen LogP contribution in [-0.4, -0.2) is 43.2 Å². The molecule has 0 bridgehead atoms. The fourth-order valence-electron chi connectivity index (χ4n) is 2.80. The van der Waals surface area contributed by atoms with E-state index in [1.807, 2.05) is 0 Å². The van der Waals surface area contributed by atoms with Crippen LogP contribution in [0, 0.1) is 0 Å². The van der Waals surface area contributed by atoms with E-state index >= 15 is 0 Å². The molecule has 0 unspecified atom stereocenters. The van der Waals surface area contributed by atoms with Gasteiger partial charge in [0.25, 0.3) is 0 Å². The average Bonchev–Trinajstić information content (AvgIpc) is 2.51. The first-order valence-electron chi connectivity index (χ1n) is 9.14. The van der Waals surface area contributed by atoms with Crippen LogP contribution in [0.3, 0.4) is 0 Å². The molecule has 0 rings (SSSR count). The van der Waals surface area contributed by atoms with E-state index in [0.717, 1.165) is 43.5 Å². The average molecular weight is 301 g/mol. The molecule has 3 nitrogen and oxygen atoms in total. The van der Waals surface area contributed by atoms with Gasteiger partial charge in [0.05, 0.1) is 19.6 Å². The summed E-state index contributed by atoms with van der Waals surface area (Å²) >= 11 is 0. The van der Waals surface area contributed by atoms with E-state index in [2.05, 4.69) is 27.7 Å². The van der Waals surface area contributed by atoms with Gasteiger partial charge in [-0.25, -0.2) is 0 Å². The summed E-state index contributed by atoms with van der Waals surface area (Å²) in [5.74, 6) is -0.00929. The van der Waals surface area contributed by atoms with Crippen LogP contribution >= 0.6 is 0 Å². The molecule has 0 aromatic carbocycles. The Kier molecular flexibility index (Phi) is 12.8. The summed E-state index contributed by atoms with van der Waals surface area (Å²) in [6.45, 7) is 13.7. The van der Waals surface area contributed by atoms with Gasteiger partial charge in [-0.3, -0.25) is 4.79 Å². The maximum Gasteiger partial charge on any atom is 0.305 e. The molecular weight excluding hydrogens is 262 g/mol. The number of carbonyl (C=O) groups excluding carboxylic acids is 1. The predicted molar refractivity (Wildman–Crippen MR) is 90.3 cm³/mol. The molecule has 126 valence electrons. The Balaban J connectivity index is 3.58. The summed E-state index contributed by atoms with van der Waals surface area (Å²) in [6, 6.07) is 0. The van der Waals surface area contributed by atoms with E-state index in [9.17, 15) is 4.79 Å². The largest absolute Gasteiger partial charge is 0.460 e.